The first kappa shape index (κ1) is 23.2. The van der Waals surface area contributed by atoms with Gasteiger partial charge >= 0.3 is 0 Å². The lowest BCUT2D eigenvalue weighted by atomic mass is 10.1. The first-order chi connectivity index (χ1) is 16.6. The summed E-state index contributed by atoms with van der Waals surface area (Å²) >= 11 is 13.1. The molecule has 0 saturated heterocycles. The molecule has 3 heterocycles. The van der Waals surface area contributed by atoms with Crippen LogP contribution in [0, 0.1) is 13.8 Å². The summed E-state index contributed by atoms with van der Waals surface area (Å²) in [6.07, 6.45) is 0. The van der Waals surface area contributed by atoms with Gasteiger partial charge < -0.3 is 5.73 Å². The van der Waals surface area contributed by atoms with Gasteiger partial charge in [-0.2, -0.15) is 23.6 Å². The van der Waals surface area contributed by atoms with E-state index in [4.69, 9.17) is 28.9 Å². The summed E-state index contributed by atoms with van der Waals surface area (Å²) in [5.74, 6) is -0.0568. The highest BCUT2D eigenvalue weighted by atomic mass is 35.5. The fourth-order valence-corrected chi connectivity index (χ4v) is 4.93. The van der Waals surface area contributed by atoms with Crippen LogP contribution in [0.25, 0.3) is 33.7 Å². The van der Waals surface area contributed by atoms with Crippen LogP contribution >= 0.6 is 23.2 Å². The molecule has 0 unspecified atom stereocenters. The number of fused-ring (bicyclic) bond motifs is 1. The molecular formula is C22H17Cl2N7O3S. The quantitative estimate of drug-likeness (QED) is 0.325. The van der Waals surface area contributed by atoms with E-state index in [1.807, 2.05) is 30.3 Å². The number of rotatable bonds is 4. The van der Waals surface area contributed by atoms with Gasteiger partial charge in [-0.1, -0.05) is 41.4 Å². The number of nitrogens with zero attached hydrogens (tertiary/aromatic N) is 6. The lowest BCUT2D eigenvalue weighted by molar-refractivity contribution is 0.483. The number of anilines is 1. The summed E-state index contributed by atoms with van der Waals surface area (Å²) in [6, 6.07) is 13.1. The summed E-state index contributed by atoms with van der Waals surface area (Å²) < 4.78 is 35.8. The predicted octanol–water partition coefficient (Wildman–Crippen LogP) is 4.42. The van der Waals surface area contributed by atoms with Crippen molar-refractivity contribution in [2.45, 2.75) is 18.7 Å². The molecule has 35 heavy (non-hydrogen) atoms. The summed E-state index contributed by atoms with van der Waals surface area (Å²) in [5, 5.41) is 10.1. The molecular weight excluding hydrogens is 513 g/mol. The number of halogens is 2. The Morgan fingerprint density at radius 2 is 1.63 bits per heavy atom. The number of nitrogens with two attached hydrogens (primary N) is 1. The lowest BCUT2D eigenvalue weighted by Crippen LogP contribution is -2.05. The normalized spacial score (nSPS) is 11.9. The Bertz CT molecular complexity index is 1730. The molecule has 0 saturated carbocycles. The van der Waals surface area contributed by atoms with E-state index in [0.29, 0.717) is 33.2 Å². The second kappa shape index (κ2) is 8.31. The molecule has 3 aromatic heterocycles. The maximum absolute atomic E-state index is 11.7. The van der Waals surface area contributed by atoms with E-state index in [1.165, 1.54) is 22.9 Å². The van der Waals surface area contributed by atoms with Crippen molar-refractivity contribution in [3.05, 3.63) is 70.1 Å². The van der Waals surface area contributed by atoms with Crippen LogP contribution in [-0.2, 0) is 10.1 Å². The first-order valence-corrected chi connectivity index (χ1v) is 12.4. The summed E-state index contributed by atoms with van der Waals surface area (Å²) in [7, 11) is -4.48. The lowest BCUT2D eigenvalue weighted by Gasteiger charge is -2.09. The molecule has 0 fully saturated rings. The molecule has 0 amide bonds. The standard InChI is InChI=1S/C22H17Cl2N7O3S/c1-11-17(20(24)30(28-11)13-6-4-3-5-7-13)19-18-12(2)29-31(21(18)27-22(25)26-19)16-10-14(35(32,33)34)8-9-15(16)23/h3-10H,1-2H3,(H2,25,26,27)(H,32,33,34). The van der Waals surface area contributed by atoms with Crippen molar-refractivity contribution in [2.24, 2.45) is 0 Å². The molecule has 0 bridgehead atoms. The van der Waals surface area contributed by atoms with Crippen molar-refractivity contribution in [1.29, 1.82) is 0 Å². The van der Waals surface area contributed by atoms with E-state index < -0.39 is 10.1 Å². The molecule has 0 atom stereocenters. The van der Waals surface area contributed by atoms with E-state index in [9.17, 15) is 13.0 Å². The zero-order chi connectivity index (χ0) is 25.1. The van der Waals surface area contributed by atoms with Gasteiger partial charge in [0.15, 0.2) is 5.65 Å². The van der Waals surface area contributed by atoms with E-state index in [2.05, 4.69) is 20.2 Å². The van der Waals surface area contributed by atoms with Crippen molar-refractivity contribution in [1.82, 2.24) is 29.5 Å². The number of hydrogen-bond donors (Lipinski definition) is 2. The van der Waals surface area contributed by atoms with Crippen LogP contribution in [0.1, 0.15) is 11.4 Å². The second-order valence-corrected chi connectivity index (χ2v) is 9.90. The van der Waals surface area contributed by atoms with Gasteiger partial charge in [0, 0.05) is 0 Å². The first-order valence-electron chi connectivity index (χ1n) is 10.2. The van der Waals surface area contributed by atoms with Gasteiger partial charge in [0.2, 0.25) is 5.95 Å². The predicted molar refractivity (Wildman–Crippen MR) is 133 cm³/mol. The third kappa shape index (κ3) is 3.92. The summed E-state index contributed by atoms with van der Waals surface area (Å²) in [5.41, 5.74) is 9.41. The zero-order valence-corrected chi connectivity index (χ0v) is 20.6. The zero-order valence-electron chi connectivity index (χ0n) is 18.3. The van der Waals surface area contributed by atoms with Crippen LogP contribution in [-0.4, -0.2) is 42.5 Å². The minimum absolute atomic E-state index is 0.0568. The summed E-state index contributed by atoms with van der Waals surface area (Å²) in [6.45, 7) is 3.55. The number of aromatic nitrogens is 6. The van der Waals surface area contributed by atoms with Crippen molar-refractivity contribution in [2.75, 3.05) is 5.73 Å². The molecule has 5 aromatic rings. The maximum Gasteiger partial charge on any atom is 0.294 e. The van der Waals surface area contributed by atoms with Crippen molar-refractivity contribution in [3.8, 4) is 22.6 Å². The number of para-hydroxylation sites is 1. The van der Waals surface area contributed by atoms with E-state index in [-0.39, 0.29) is 27.2 Å². The minimum atomic E-state index is -4.48. The third-order valence-electron chi connectivity index (χ3n) is 5.40. The molecule has 5 rings (SSSR count). The smallest absolute Gasteiger partial charge is 0.294 e. The van der Waals surface area contributed by atoms with E-state index in [1.54, 1.807) is 18.5 Å². The van der Waals surface area contributed by atoms with Crippen LogP contribution in [0.2, 0.25) is 10.2 Å². The van der Waals surface area contributed by atoms with Gasteiger partial charge in [0.05, 0.1) is 49.3 Å². The molecule has 10 nitrogen and oxygen atoms in total. The van der Waals surface area contributed by atoms with Gasteiger partial charge in [0.1, 0.15) is 5.15 Å². The van der Waals surface area contributed by atoms with Crippen molar-refractivity contribution < 1.29 is 13.0 Å². The topological polar surface area (TPSA) is 142 Å². The Balaban J connectivity index is 1.79. The molecule has 3 N–H and O–H groups in total. The van der Waals surface area contributed by atoms with Crippen molar-refractivity contribution in [3.63, 3.8) is 0 Å². The van der Waals surface area contributed by atoms with Crippen LogP contribution in [0.4, 0.5) is 5.95 Å². The average Bonchev–Trinajstić information content (AvgIpc) is 3.29. The monoisotopic (exact) mass is 529 g/mol. The SMILES string of the molecule is Cc1nn(-c2ccccc2)c(Cl)c1-c1nc(N)nc2c1c(C)nn2-c1cc(S(=O)(=O)O)ccc1Cl. The number of aryl methyl sites for hydroxylation is 2. The van der Waals surface area contributed by atoms with Gasteiger partial charge in [-0.05, 0) is 44.2 Å². The molecule has 178 valence electrons. The van der Waals surface area contributed by atoms with Gasteiger partial charge in [-0.25, -0.2) is 14.3 Å². The maximum atomic E-state index is 11.7. The highest BCUT2D eigenvalue weighted by molar-refractivity contribution is 7.85. The largest absolute Gasteiger partial charge is 0.368 e. The van der Waals surface area contributed by atoms with Crippen molar-refractivity contribution >= 4 is 50.3 Å². The highest BCUT2D eigenvalue weighted by Crippen LogP contribution is 2.38. The molecule has 0 spiro atoms. The molecule has 0 radical (unpaired) electrons. The Labute approximate surface area is 209 Å². The Hall–Kier alpha value is -3.51. The molecule has 13 heteroatoms. The molecule has 0 aliphatic rings. The number of nitrogen functional groups attached to an aromatic ring is 1. The van der Waals surface area contributed by atoms with E-state index in [0.717, 1.165) is 5.69 Å². The van der Waals surface area contributed by atoms with Gasteiger partial charge in [-0.15, -0.1) is 0 Å². The van der Waals surface area contributed by atoms with Crippen LogP contribution in [0.3, 0.4) is 0 Å². The Morgan fingerprint density at radius 1 is 0.943 bits per heavy atom. The molecule has 0 aliphatic heterocycles. The second-order valence-electron chi connectivity index (χ2n) is 7.71. The molecule has 0 aliphatic carbocycles. The Kier molecular flexibility index (Phi) is 5.52. The fourth-order valence-electron chi connectivity index (χ4n) is 3.87. The molecule has 2 aromatic carbocycles. The fraction of sp³-hybridized carbons (Fsp3) is 0.0909. The number of hydrogen-bond acceptors (Lipinski definition) is 7. The third-order valence-corrected chi connectivity index (χ3v) is 6.92. The van der Waals surface area contributed by atoms with Gasteiger partial charge in [0.25, 0.3) is 10.1 Å². The average molecular weight is 530 g/mol. The van der Waals surface area contributed by atoms with Gasteiger partial charge in [-0.3, -0.25) is 4.55 Å². The minimum Gasteiger partial charge on any atom is -0.368 e. The highest BCUT2D eigenvalue weighted by Gasteiger charge is 2.25. The van der Waals surface area contributed by atoms with Crippen LogP contribution in [0.5, 0.6) is 0 Å². The van der Waals surface area contributed by atoms with E-state index >= 15 is 0 Å². The van der Waals surface area contributed by atoms with Crippen LogP contribution < -0.4 is 5.73 Å². The Morgan fingerprint density at radius 3 is 2.31 bits per heavy atom. The number of benzene rings is 2. The van der Waals surface area contributed by atoms with Crippen LogP contribution in [0.15, 0.2) is 53.4 Å². The summed E-state index contributed by atoms with van der Waals surface area (Å²) in [4.78, 5) is 8.45.